The van der Waals surface area contributed by atoms with Crippen molar-refractivity contribution in [3.63, 3.8) is 0 Å². The van der Waals surface area contributed by atoms with Gasteiger partial charge in [-0.15, -0.1) is 0 Å². The van der Waals surface area contributed by atoms with Gasteiger partial charge in [-0.05, 0) is 30.5 Å². The summed E-state index contributed by atoms with van der Waals surface area (Å²) in [6, 6.07) is 2.69. The highest BCUT2D eigenvalue weighted by atomic mass is 15.2. The Labute approximate surface area is 104 Å². The van der Waals surface area contributed by atoms with Gasteiger partial charge in [-0.1, -0.05) is 26.8 Å². The Morgan fingerprint density at radius 1 is 1.35 bits per heavy atom. The molecule has 0 saturated carbocycles. The molecule has 1 saturated heterocycles. The Morgan fingerprint density at radius 2 is 2.18 bits per heavy atom. The van der Waals surface area contributed by atoms with E-state index in [-0.39, 0.29) is 0 Å². The van der Waals surface area contributed by atoms with Crippen LogP contribution < -0.4 is 0 Å². The van der Waals surface area contributed by atoms with Gasteiger partial charge < -0.3 is 0 Å². The van der Waals surface area contributed by atoms with E-state index in [1.54, 1.807) is 6.20 Å². The molecule has 3 heteroatoms. The smallest absolute Gasteiger partial charge is 0.0571 e. The van der Waals surface area contributed by atoms with Crippen molar-refractivity contribution in [2.75, 3.05) is 13.1 Å². The second-order valence-electron chi connectivity index (χ2n) is 4.35. The second-order valence-corrected chi connectivity index (χ2v) is 4.35. The molecule has 2 atom stereocenters. The summed E-state index contributed by atoms with van der Waals surface area (Å²) < 4.78 is 0. The number of likely N-dealkylation sites (N-methyl/N-ethyl adjacent to an activating group) is 1. The summed E-state index contributed by atoms with van der Waals surface area (Å²) in [5.41, 5.74) is 2.71. The molecule has 0 aromatic carbocycles. The number of hydrogen-bond acceptors (Lipinski definition) is 3. The molecule has 2 bridgehead atoms. The molecule has 3 rings (SSSR count). The molecule has 1 aliphatic carbocycles. The molecule has 1 aliphatic heterocycles. The Hall–Kier alpha value is -1.22. The highest BCUT2D eigenvalue weighted by Crippen LogP contribution is 2.40. The lowest BCUT2D eigenvalue weighted by molar-refractivity contribution is 0.302. The highest BCUT2D eigenvalue weighted by molar-refractivity contribution is 5.72. The standard InChI is InChI=1S/C12H15N3.C2H6/c1-2-15-8-9-5-11(12(15)6-9)10-3-4-13-14-7-10;1-2/h3-5,7,9,12H,2,6,8H2,1H3;1-2H3. The summed E-state index contributed by atoms with van der Waals surface area (Å²) in [6.07, 6.45) is 7.37. The molecule has 1 aromatic heterocycles. The number of likely N-dealkylation sites (tertiary alicyclic amines) is 1. The van der Waals surface area contributed by atoms with Gasteiger partial charge in [-0.25, -0.2) is 0 Å². The molecule has 92 valence electrons. The summed E-state index contributed by atoms with van der Waals surface area (Å²) in [5, 5.41) is 7.78. The van der Waals surface area contributed by atoms with Crippen LogP contribution in [0.1, 0.15) is 32.8 Å². The van der Waals surface area contributed by atoms with Crippen LogP contribution in [0.2, 0.25) is 0 Å². The first-order valence-electron chi connectivity index (χ1n) is 6.61. The normalized spacial score (nSPS) is 26.4. The fourth-order valence-electron chi connectivity index (χ4n) is 2.85. The van der Waals surface area contributed by atoms with E-state index < -0.39 is 0 Å². The van der Waals surface area contributed by atoms with Crippen LogP contribution in [0.25, 0.3) is 5.57 Å². The monoisotopic (exact) mass is 231 g/mol. The lowest BCUT2D eigenvalue weighted by Crippen LogP contribution is -2.31. The SMILES string of the molecule is CC.CCN1CC2C=C(c3ccnnc3)C1C2. The molecule has 1 fully saturated rings. The minimum Gasteiger partial charge on any atom is -0.296 e. The third-order valence-corrected chi connectivity index (χ3v) is 3.53. The lowest BCUT2D eigenvalue weighted by Gasteiger charge is -2.26. The summed E-state index contributed by atoms with van der Waals surface area (Å²) >= 11 is 0. The fraction of sp³-hybridized carbons (Fsp3) is 0.571. The number of aromatic nitrogens is 2. The largest absolute Gasteiger partial charge is 0.296 e. The molecular formula is C14H21N3. The van der Waals surface area contributed by atoms with Crippen LogP contribution >= 0.6 is 0 Å². The van der Waals surface area contributed by atoms with E-state index >= 15 is 0 Å². The summed E-state index contributed by atoms with van der Waals surface area (Å²) in [7, 11) is 0. The van der Waals surface area contributed by atoms with Crippen molar-refractivity contribution < 1.29 is 0 Å². The van der Waals surface area contributed by atoms with Crippen LogP contribution in [0.4, 0.5) is 0 Å². The Balaban J connectivity index is 0.000000514. The van der Waals surface area contributed by atoms with E-state index in [0.717, 1.165) is 12.5 Å². The Kier molecular flexibility index (Phi) is 3.89. The van der Waals surface area contributed by atoms with Crippen molar-refractivity contribution in [1.29, 1.82) is 0 Å². The van der Waals surface area contributed by atoms with Crippen molar-refractivity contribution >= 4 is 5.57 Å². The molecule has 0 radical (unpaired) electrons. The van der Waals surface area contributed by atoms with E-state index in [9.17, 15) is 0 Å². The summed E-state index contributed by atoms with van der Waals surface area (Å²) in [5.74, 6) is 0.762. The molecule has 1 aromatic rings. The molecule has 0 N–H and O–H groups in total. The summed E-state index contributed by atoms with van der Waals surface area (Å²) in [6.45, 7) is 8.63. The molecule has 3 nitrogen and oxygen atoms in total. The zero-order valence-electron chi connectivity index (χ0n) is 10.9. The van der Waals surface area contributed by atoms with Crippen LogP contribution in [-0.4, -0.2) is 34.2 Å². The van der Waals surface area contributed by atoms with Crippen LogP contribution in [0.5, 0.6) is 0 Å². The third-order valence-electron chi connectivity index (χ3n) is 3.53. The minimum atomic E-state index is 0.629. The van der Waals surface area contributed by atoms with Crippen LogP contribution in [0, 0.1) is 5.92 Å². The Bertz CT molecular complexity index is 386. The fourth-order valence-corrected chi connectivity index (χ4v) is 2.85. The van der Waals surface area contributed by atoms with Crippen molar-refractivity contribution in [2.45, 2.75) is 33.2 Å². The van der Waals surface area contributed by atoms with Gasteiger partial charge in [0, 0.05) is 18.2 Å². The number of nitrogens with zero attached hydrogens (tertiary/aromatic N) is 3. The first kappa shape index (κ1) is 12.2. The van der Waals surface area contributed by atoms with Crippen molar-refractivity contribution in [1.82, 2.24) is 15.1 Å². The van der Waals surface area contributed by atoms with E-state index in [1.807, 2.05) is 20.0 Å². The van der Waals surface area contributed by atoms with Crippen LogP contribution in [0.15, 0.2) is 24.5 Å². The van der Waals surface area contributed by atoms with Crippen molar-refractivity contribution in [3.8, 4) is 0 Å². The molecule has 17 heavy (non-hydrogen) atoms. The van der Waals surface area contributed by atoms with Gasteiger partial charge in [0.1, 0.15) is 0 Å². The molecule has 2 aliphatic rings. The number of rotatable bonds is 2. The van der Waals surface area contributed by atoms with E-state index in [1.165, 1.54) is 24.1 Å². The second kappa shape index (κ2) is 5.41. The molecule has 2 unspecified atom stereocenters. The van der Waals surface area contributed by atoms with Crippen LogP contribution in [-0.2, 0) is 0 Å². The van der Waals surface area contributed by atoms with Crippen LogP contribution in [0.3, 0.4) is 0 Å². The maximum Gasteiger partial charge on any atom is 0.0571 e. The average Bonchev–Trinajstić information content (AvgIpc) is 3.01. The van der Waals surface area contributed by atoms with Crippen molar-refractivity contribution in [3.05, 3.63) is 30.1 Å². The van der Waals surface area contributed by atoms with Gasteiger partial charge in [0.2, 0.25) is 0 Å². The average molecular weight is 231 g/mol. The van der Waals surface area contributed by atoms with E-state index in [2.05, 4.69) is 34.2 Å². The molecule has 2 heterocycles. The van der Waals surface area contributed by atoms with Gasteiger partial charge in [0.25, 0.3) is 0 Å². The third kappa shape index (κ3) is 2.25. The van der Waals surface area contributed by atoms with E-state index in [4.69, 9.17) is 0 Å². The number of fused-ring (bicyclic) bond motifs is 2. The minimum absolute atomic E-state index is 0.629. The van der Waals surface area contributed by atoms with Gasteiger partial charge in [-0.2, -0.15) is 10.2 Å². The zero-order valence-corrected chi connectivity index (χ0v) is 10.9. The first-order chi connectivity index (χ1) is 8.38. The predicted molar refractivity (Wildman–Crippen MR) is 70.5 cm³/mol. The molecule has 0 spiro atoms. The first-order valence-corrected chi connectivity index (χ1v) is 6.61. The predicted octanol–water partition coefficient (Wildman–Crippen LogP) is 2.61. The maximum absolute atomic E-state index is 3.95. The topological polar surface area (TPSA) is 29.0 Å². The van der Waals surface area contributed by atoms with Gasteiger partial charge >= 0.3 is 0 Å². The Morgan fingerprint density at radius 3 is 2.76 bits per heavy atom. The van der Waals surface area contributed by atoms with Gasteiger partial charge in [-0.3, -0.25) is 4.90 Å². The summed E-state index contributed by atoms with van der Waals surface area (Å²) in [4.78, 5) is 2.56. The van der Waals surface area contributed by atoms with Gasteiger partial charge in [0.15, 0.2) is 0 Å². The molecular weight excluding hydrogens is 210 g/mol. The molecule has 0 amide bonds. The lowest BCUT2D eigenvalue weighted by atomic mass is 10.0. The van der Waals surface area contributed by atoms with Gasteiger partial charge in [0.05, 0.1) is 12.4 Å². The van der Waals surface area contributed by atoms with E-state index in [0.29, 0.717) is 6.04 Å². The maximum atomic E-state index is 3.95. The highest BCUT2D eigenvalue weighted by Gasteiger charge is 2.38. The number of hydrogen-bond donors (Lipinski definition) is 0. The quantitative estimate of drug-likeness (QED) is 0.783. The zero-order chi connectivity index (χ0) is 12.3. The van der Waals surface area contributed by atoms with Crippen molar-refractivity contribution in [2.24, 2.45) is 5.92 Å².